The van der Waals surface area contributed by atoms with Crippen LogP contribution in [0.2, 0.25) is 0 Å². The van der Waals surface area contributed by atoms with Gasteiger partial charge in [-0.1, -0.05) is 0 Å². The van der Waals surface area contributed by atoms with Crippen molar-refractivity contribution in [3.05, 3.63) is 0 Å². The molecule has 0 aromatic heterocycles. The minimum atomic E-state index is -2.19. The van der Waals surface area contributed by atoms with E-state index in [1.165, 1.54) is 0 Å². The summed E-state index contributed by atoms with van der Waals surface area (Å²) in [6.07, 6.45) is 0. The van der Waals surface area contributed by atoms with Gasteiger partial charge in [-0.2, -0.15) is 0 Å². The Hall–Kier alpha value is -0.0210. The Bertz CT molecular complexity index is 78.0. The molecule has 0 aliphatic carbocycles. The summed E-state index contributed by atoms with van der Waals surface area (Å²) < 4.78 is 0. The topological polar surface area (TPSA) is 80.3 Å². The Labute approximate surface area is 66.2 Å². The van der Waals surface area contributed by atoms with Crippen LogP contribution in [0.15, 0.2) is 0 Å². The maximum Gasteiger partial charge on any atom is 0.0870 e. The zero-order valence-electron chi connectivity index (χ0n) is 3.39. The van der Waals surface area contributed by atoms with Crippen molar-refractivity contribution < 1.29 is 53.9 Å². The molecule has 0 heterocycles. The zero-order valence-corrected chi connectivity index (χ0v) is 5.75. The fourth-order valence-corrected chi connectivity index (χ4v) is 0. The van der Waals surface area contributed by atoms with Crippen LogP contribution < -0.4 is 10.2 Å². The third-order valence-corrected chi connectivity index (χ3v) is 0.167. The van der Waals surface area contributed by atoms with Gasteiger partial charge in [0.1, 0.15) is 0 Å². The smallest absolute Gasteiger partial charge is 0.0870 e. The minimum Gasteiger partial charge on any atom is -0.543 e. The van der Waals surface area contributed by atoms with Gasteiger partial charge < -0.3 is 19.8 Å². The summed E-state index contributed by atoms with van der Waals surface area (Å²) in [4.78, 5) is 17.9. The van der Waals surface area contributed by atoms with Gasteiger partial charge in [-0.05, 0) is 0 Å². The van der Waals surface area contributed by atoms with Crippen LogP contribution in [0.1, 0.15) is 0 Å². The van der Waals surface area contributed by atoms with Crippen molar-refractivity contribution in [2.75, 3.05) is 0 Å². The molecule has 0 aliphatic heterocycles. The van der Waals surface area contributed by atoms with Crippen molar-refractivity contribution in [1.82, 2.24) is 0 Å². The first-order chi connectivity index (χ1) is 2.64. The van der Waals surface area contributed by atoms with Gasteiger partial charge in [-0.15, -0.1) is 0 Å². The van der Waals surface area contributed by atoms with Crippen LogP contribution in [0.4, 0.5) is 0 Å². The number of carboxylic acid groups (broad SMARTS) is 2. The third kappa shape index (κ3) is 9.36. The van der Waals surface area contributed by atoms with Gasteiger partial charge >= 0.3 is 0 Å². The summed E-state index contributed by atoms with van der Waals surface area (Å²) in [6.45, 7) is 0. The van der Waals surface area contributed by atoms with Gasteiger partial charge in [0.2, 0.25) is 0 Å². The van der Waals surface area contributed by atoms with E-state index in [9.17, 15) is 0 Å². The quantitative estimate of drug-likeness (QED) is 0.298. The van der Waals surface area contributed by atoms with Crippen LogP contribution in [0, 0.1) is 0 Å². The Kier molecular flexibility index (Phi) is 13.7. The van der Waals surface area contributed by atoms with E-state index in [2.05, 4.69) is 0 Å². The molecule has 0 aromatic rings. The second-order valence-electron chi connectivity index (χ2n) is 0.575. The van der Waals surface area contributed by atoms with E-state index < -0.39 is 11.9 Å². The molecule has 6 heteroatoms. The molecule has 0 bridgehead atoms. The van der Waals surface area contributed by atoms with Crippen LogP contribution >= 0.6 is 0 Å². The van der Waals surface area contributed by atoms with Gasteiger partial charge in [-0.3, -0.25) is 0 Å². The fourth-order valence-electron chi connectivity index (χ4n) is 0. The molecule has 0 fully saturated rings. The minimum absolute atomic E-state index is 0. The molecule has 0 aliphatic rings. The van der Waals surface area contributed by atoms with Crippen LogP contribution in [0.5, 0.6) is 0 Å². The van der Waals surface area contributed by atoms with Gasteiger partial charge in [0.05, 0.1) is 11.9 Å². The number of carboxylic acids is 2. The SMILES string of the molecule is O=C([O-])C(=O)[O-].[Mn].[Mn]. The molecule has 4 nitrogen and oxygen atoms in total. The number of carbonyl (C=O) groups excluding carboxylic acids is 2. The van der Waals surface area contributed by atoms with E-state index in [0.29, 0.717) is 0 Å². The van der Waals surface area contributed by atoms with E-state index in [0.717, 1.165) is 0 Å². The summed E-state index contributed by atoms with van der Waals surface area (Å²) >= 11 is 0. The maximum atomic E-state index is 8.93. The van der Waals surface area contributed by atoms with Crippen LogP contribution in [0.25, 0.3) is 0 Å². The van der Waals surface area contributed by atoms with Crippen molar-refractivity contribution in [3.8, 4) is 0 Å². The van der Waals surface area contributed by atoms with E-state index in [-0.39, 0.29) is 34.1 Å². The van der Waals surface area contributed by atoms with Gasteiger partial charge in [0, 0.05) is 34.1 Å². The molecule has 2 radical (unpaired) electrons. The van der Waals surface area contributed by atoms with Crippen LogP contribution in [-0.4, -0.2) is 11.9 Å². The molecule has 0 saturated heterocycles. The molecular formula is C2Mn2O4-2. The molecule has 0 aromatic carbocycles. The van der Waals surface area contributed by atoms with Crippen molar-refractivity contribution in [1.29, 1.82) is 0 Å². The molecule has 0 atom stereocenters. The number of hydrogen-bond acceptors (Lipinski definition) is 4. The van der Waals surface area contributed by atoms with Crippen molar-refractivity contribution in [3.63, 3.8) is 0 Å². The van der Waals surface area contributed by atoms with E-state index in [1.807, 2.05) is 0 Å². The summed E-state index contributed by atoms with van der Waals surface area (Å²) in [5, 5.41) is 17.9. The van der Waals surface area contributed by atoms with E-state index >= 15 is 0 Å². The predicted molar refractivity (Wildman–Crippen MR) is 10.0 cm³/mol. The maximum absolute atomic E-state index is 8.93. The molecule has 0 rings (SSSR count). The second kappa shape index (κ2) is 6.98. The third-order valence-electron chi connectivity index (χ3n) is 0.167. The first-order valence-electron chi connectivity index (χ1n) is 1.07. The first kappa shape index (κ1) is 15.7. The number of carbonyl (C=O) groups is 2. The first-order valence-corrected chi connectivity index (χ1v) is 1.07. The summed E-state index contributed by atoms with van der Waals surface area (Å²) in [5.41, 5.74) is 0. The average molecular weight is 198 g/mol. The van der Waals surface area contributed by atoms with Gasteiger partial charge in [0.15, 0.2) is 0 Å². The molecular weight excluding hydrogens is 198 g/mol. The Balaban J connectivity index is -0.000000125. The zero-order chi connectivity index (χ0) is 5.15. The Morgan fingerprint density at radius 2 is 1.00 bits per heavy atom. The normalized spacial score (nSPS) is 5.50. The standard InChI is InChI=1S/C2H2O4.2Mn/c3-1(4)2(5)6;;/h(H,3,4)(H,5,6);;/p-2. The molecule has 0 spiro atoms. The van der Waals surface area contributed by atoms with E-state index in [1.54, 1.807) is 0 Å². The Morgan fingerprint density at radius 1 is 0.875 bits per heavy atom. The van der Waals surface area contributed by atoms with Crippen LogP contribution in [-0.2, 0) is 43.7 Å². The molecule has 0 unspecified atom stereocenters. The summed E-state index contributed by atoms with van der Waals surface area (Å²) in [6, 6.07) is 0. The summed E-state index contributed by atoms with van der Waals surface area (Å²) in [7, 11) is 0. The fraction of sp³-hybridized carbons (Fsp3) is 0. The second-order valence-corrected chi connectivity index (χ2v) is 0.575. The molecule has 0 N–H and O–H groups in total. The van der Waals surface area contributed by atoms with Crippen molar-refractivity contribution in [2.45, 2.75) is 0 Å². The number of aliphatic carboxylic acids is 2. The monoisotopic (exact) mass is 198 g/mol. The average Bonchev–Trinajstić information content (AvgIpc) is 1.36. The molecule has 0 amide bonds. The number of rotatable bonds is 0. The van der Waals surface area contributed by atoms with Gasteiger partial charge in [0.25, 0.3) is 0 Å². The van der Waals surface area contributed by atoms with Gasteiger partial charge in [-0.25, -0.2) is 0 Å². The number of hydrogen-bond donors (Lipinski definition) is 0. The molecule has 0 saturated carbocycles. The molecule has 48 valence electrons. The van der Waals surface area contributed by atoms with E-state index in [4.69, 9.17) is 19.8 Å². The summed E-state index contributed by atoms with van der Waals surface area (Å²) in [5.74, 6) is -4.37. The van der Waals surface area contributed by atoms with Crippen LogP contribution in [0.3, 0.4) is 0 Å². The van der Waals surface area contributed by atoms with Crippen molar-refractivity contribution in [2.24, 2.45) is 0 Å². The Morgan fingerprint density at radius 3 is 1.00 bits per heavy atom. The largest absolute Gasteiger partial charge is 0.543 e. The predicted octanol–water partition coefficient (Wildman–Crippen LogP) is -3.52. The van der Waals surface area contributed by atoms with Crippen molar-refractivity contribution >= 4 is 11.9 Å². The molecule has 8 heavy (non-hydrogen) atoms.